The maximum atomic E-state index is 14.2. The highest BCUT2D eigenvalue weighted by Gasteiger charge is 2.14. The molecule has 0 aliphatic rings. The fourth-order valence-corrected chi connectivity index (χ4v) is 2.30. The van der Waals surface area contributed by atoms with Crippen molar-refractivity contribution < 1.29 is 9.13 Å². The molecule has 2 nitrogen and oxygen atoms in total. The minimum atomic E-state index is -0.220. The Bertz CT molecular complexity index is 393. The molecule has 0 fully saturated rings. The third-order valence-corrected chi connectivity index (χ3v) is 3.50. The van der Waals surface area contributed by atoms with Gasteiger partial charge in [0.15, 0.2) is 11.6 Å². The number of hydrogen-bond acceptors (Lipinski definition) is 2. The van der Waals surface area contributed by atoms with Crippen LogP contribution < -0.4 is 10.1 Å². The van der Waals surface area contributed by atoms with Gasteiger partial charge in [0.05, 0.1) is 7.11 Å². The number of nitrogens with one attached hydrogen (secondary N) is 1. The van der Waals surface area contributed by atoms with Crippen LogP contribution in [0.15, 0.2) is 18.2 Å². The molecule has 20 heavy (non-hydrogen) atoms. The van der Waals surface area contributed by atoms with E-state index in [2.05, 4.69) is 26.1 Å². The van der Waals surface area contributed by atoms with Crippen LogP contribution in [-0.2, 0) is 6.42 Å². The molecule has 0 saturated carbocycles. The number of hydrogen-bond donors (Lipinski definition) is 1. The van der Waals surface area contributed by atoms with Crippen LogP contribution >= 0.6 is 0 Å². The Morgan fingerprint density at radius 2 is 2.00 bits per heavy atom. The zero-order valence-corrected chi connectivity index (χ0v) is 13.2. The molecular formula is C17H28FNO. The molecule has 0 heterocycles. The van der Waals surface area contributed by atoms with E-state index in [-0.39, 0.29) is 5.82 Å². The first kappa shape index (κ1) is 17.0. The molecule has 0 amide bonds. The number of benzene rings is 1. The van der Waals surface area contributed by atoms with Crippen molar-refractivity contribution in [2.24, 2.45) is 5.92 Å². The van der Waals surface area contributed by atoms with Crippen LogP contribution in [0.3, 0.4) is 0 Å². The number of rotatable bonds is 9. The smallest absolute Gasteiger partial charge is 0.168 e. The van der Waals surface area contributed by atoms with Gasteiger partial charge in [-0.25, -0.2) is 4.39 Å². The van der Waals surface area contributed by atoms with E-state index in [0.717, 1.165) is 37.8 Å². The van der Waals surface area contributed by atoms with Crippen molar-refractivity contribution in [3.63, 3.8) is 0 Å². The molecule has 0 bridgehead atoms. The summed E-state index contributed by atoms with van der Waals surface area (Å²) >= 11 is 0. The zero-order chi connectivity index (χ0) is 15.0. The first-order valence-electron chi connectivity index (χ1n) is 7.63. The molecule has 3 heteroatoms. The summed E-state index contributed by atoms with van der Waals surface area (Å²) in [5.74, 6) is 0.791. The Kier molecular flexibility index (Phi) is 7.60. The van der Waals surface area contributed by atoms with Gasteiger partial charge in [0.1, 0.15) is 0 Å². The molecule has 114 valence electrons. The predicted molar refractivity (Wildman–Crippen MR) is 82.8 cm³/mol. The maximum absolute atomic E-state index is 14.2. The number of methoxy groups -OCH3 is 1. The standard InChI is InChI=1S/C17H28FNO/c1-5-11-19-15(10-9-13(2)3)12-14-7-6-8-16(20-4)17(14)18/h6-8,13,15,19H,5,9-12H2,1-4H3. The third-order valence-electron chi connectivity index (χ3n) is 3.50. The average molecular weight is 281 g/mol. The van der Waals surface area contributed by atoms with Crippen molar-refractivity contribution in [2.75, 3.05) is 13.7 Å². The maximum Gasteiger partial charge on any atom is 0.168 e. The minimum Gasteiger partial charge on any atom is -0.494 e. The zero-order valence-electron chi connectivity index (χ0n) is 13.2. The molecule has 1 N–H and O–H groups in total. The monoisotopic (exact) mass is 281 g/mol. The second-order valence-electron chi connectivity index (χ2n) is 5.76. The van der Waals surface area contributed by atoms with Gasteiger partial charge in [-0.15, -0.1) is 0 Å². The van der Waals surface area contributed by atoms with E-state index in [1.54, 1.807) is 6.07 Å². The molecule has 0 aliphatic heterocycles. The Labute approximate surface area is 122 Å². The van der Waals surface area contributed by atoms with Gasteiger partial charge in [-0.05, 0) is 49.8 Å². The molecule has 1 atom stereocenters. The van der Waals surface area contributed by atoms with E-state index in [4.69, 9.17) is 4.74 Å². The van der Waals surface area contributed by atoms with Gasteiger partial charge >= 0.3 is 0 Å². The fourth-order valence-electron chi connectivity index (χ4n) is 2.30. The minimum absolute atomic E-state index is 0.220. The van der Waals surface area contributed by atoms with Crippen LogP contribution in [0.4, 0.5) is 4.39 Å². The van der Waals surface area contributed by atoms with Crippen molar-refractivity contribution >= 4 is 0 Å². The quantitative estimate of drug-likeness (QED) is 0.733. The molecule has 0 aromatic heterocycles. The van der Waals surface area contributed by atoms with Gasteiger partial charge in [-0.2, -0.15) is 0 Å². The van der Waals surface area contributed by atoms with Crippen molar-refractivity contribution in [2.45, 2.75) is 52.5 Å². The molecule has 1 aromatic rings. The van der Waals surface area contributed by atoms with Gasteiger partial charge < -0.3 is 10.1 Å². The van der Waals surface area contributed by atoms with E-state index >= 15 is 0 Å². The van der Waals surface area contributed by atoms with Crippen molar-refractivity contribution in [1.82, 2.24) is 5.32 Å². The summed E-state index contributed by atoms with van der Waals surface area (Å²) in [5.41, 5.74) is 0.738. The molecule has 0 saturated heterocycles. The molecule has 1 rings (SSSR count). The number of halogens is 1. The van der Waals surface area contributed by atoms with E-state index < -0.39 is 0 Å². The Balaban J connectivity index is 2.72. The molecule has 0 aliphatic carbocycles. The van der Waals surface area contributed by atoms with E-state index in [0.29, 0.717) is 17.7 Å². The third kappa shape index (κ3) is 5.49. The first-order chi connectivity index (χ1) is 9.58. The fraction of sp³-hybridized carbons (Fsp3) is 0.647. The molecule has 0 radical (unpaired) electrons. The van der Waals surface area contributed by atoms with Crippen molar-refractivity contribution in [3.8, 4) is 5.75 Å². The Morgan fingerprint density at radius 1 is 1.25 bits per heavy atom. The van der Waals surface area contributed by atoms with Crippen LogP contribution in [0.5, 0.6) is 5.75 Å². The van der Waals surface area contributed by atoms with Gasteiger partial charge in [0.25, 0.3) is 0 Å². The summed E-state index contributed by atoms with van der Waals surface area (Å²) in [4.78, 5) is 0. The second-order valence-corrected chi connectivity index (χ2v) is 5.76. The van der Waals surface area contributed by atoms with Crippen LogP contribution in [0, 0.1) is 11.7 Å². The van der Waals surface area contributed by atoms with Crippen molar-refractivity contribution in [1.29, 1.82) is 0 Å². The first-order valence-corrected chi connectivity index (χ1v) is 7.63. The van der Waals surface area contributed by atoms with Crippen LogP contribution in [0.1, 0.15) is 45.6 Å². The summed E-state index contributed by atoms with van der Waals surface area (Å²) in [5, 5.41) is 3.53. The van der Waals surface area contributed by atoms with Crippen LogP contribution in [0.2, 0.25) is 0 Å². The lowest BCUT2D eigenvalue weighted by molar-refractivity contribution is 0.379. The van der Waals surface area contributed by atoms with E-state index in [1.807, 2.05) is 12.1 Å². The highest BCUT2D eigenvalue weighted by atomic mass is 19.1. The Hall–Kier alpha value is -1.09. The molecule has 1 aromatic carbocycles. The predicted octanol–water partition coefficient (Wildman–Crippen LogP) is 4.18. The highest BCUT2D eigenvalue weighted by molar-refractivity contribution is 5.31. The number of ether oxygens (including phenoxy) is 1. The lowest BCUT2D eigenvalue weighted by Gasteiger charge is -2.20. The van der Waals surface area contributed by atoms with E-state index in [1.165, 1.54) is 7.11 Å². The SMILES string of the molecule is CCCNC(CCC(C)C)Cc1cccc(OC)c1F. The van der Waals surface area contributed by atoms with E-state index in [9.17, 15) is 4.39 Å². The van der Waals surface area contributed by atoms with Gasteiger partial charge in [-0.3, -0.25) is 0 Å². The average Bonchev–Trinajstić information content (AvgIpc) is 2.43. The lowest BCUT2D eigenvalue weighted by Crippen LogP contribution is -2.32. The summed E-state index contributed by atoms with van der Waals surface area (Å²) in [6.45, 7) is 7.58. The summed E-state index contributed by atoms with van der Waals surface area (Å²) in [6.07, 6.45) is 4.05. The molecule has 1 unspecified atom stereocenters. The molecule has 0 spiro atoms. The largest absolute Gasteiger partial charge is 0.494 e. The molecular weight excluding hydrogens is 253 g/mol. The normalized spacial score (nSPS) is 12.7. The topological polar surface area (TPSA) is 21.3 Å². The summed E-state index contributed by atoms with van der Waals surface area (Å²) in [6, 6.07) is 5.71. The second kappa shape index (κ2) is 8.96. The van der Waals surface area contributed by atoms with Gasteiger partial charge in [-0.1, -0.05) is 32.9 Å². The highest BCUT2D eigenvalue weighted by Crippen LogP contribution is 2.22. The Morgan fingerprint density at radius 3 is 2.60 bits per heavy atom. The van der Waals surface area contributed by atoms with Crippen LogP contribution in [0.25, 0.3) is 0 Å². The summed E-state index contributed by atoms with van der Waals surface area (Å²) < 4.78 is 19.3. The van der Waals surface area contributed by atoms with Gasteiger partial charge in [0, 0.05) is 6.04 Å². The van der Waals surface area contributed by atoms with Crippen LogP contribution in [-0.4, -0.2) is 19.7 Å². The lowest BCUT2D eigenvalue weighted by atomic mass is 9.97. The summed E-state index contributed by atoms with van der Waals surface area (Å²) in [7, 11) is 1.51. The van der Waals surface area contributed by atoms with Gasteiger partial charge in [0.2, 0.25) is 0 Å². The van der Waals surface area contributed by atoms with Crippen molar-refractivity contribution in [3.05, 3.63) is 29.6 Å².